The first-order valence-electron chi connectivity index (χ1n) is 7.03. The van der Waals surface area contributed by atoms with Gasteiger partial charge in [-0.25, -0.2) is 0 Å². The lowest BCUT2D eigenvalue weighted by Gasteiger charge is -2.17. The fourth-order valence-electron chi connectivity index (χ4n) is 2.54. The standard InChI is InChI=1S/C18H17ClN2/c1-20-18(14-6-4-7-15(19)11-14)12-16-10-9-13-5-2-3-8-17(13)21-16/h2-11,18,20H,12H2,1H3. The molecule has 0 radical (unpaired) electrons. The Morgan fingerprint density at radius 2 is 1.90 bits per heavy atom. The quantitative estimate of drug-likeness (QED) is 0.772. The van der Waals surface area contributed by atoms with Crippen molar-refractivity contribution in [3.63, 3.8) is 0 Å². The topological polar surface area (TPSA) is 24.9 Å². The molecule has 3 rings (SSSR count). The van der Waals surface area contributed by atoms with Crippen LogP contribution in [0.4, 0.5) is 0 Å². The van der Waals surface area contributed by atoms with Gasteiger partial charge in [-0.3, -0.25) is 4.98 Å². The zero-order valence-corrected chi connectivity index (χ0v) is 12.6. The Balaban J connectivity index is 1.88. The Kier molecular flexibility index (Phi) is 4.18. The fraction of sp³-hybridized carbons (Fsp3) is 0.167. The zero-order chi connectivity index (χ0) is 14.7. The van der Waals surface area contributed by atoms with Crippen LogP contribution in [0, 0.1) is 0 Å². The molecule has 2 nitrogen and oxygen atoms in total. The predicted octanol–water partition coefficient (Wildman–Crippen LogP) is 4.39. The van der Waals surface area contributed by atoms with Gasteiger partial charge in [-0.05, 0) is 36.9 Å². The lowest BCUT2D eigenvalue weighted by atomic mass is 10.0. The molecule has 3 aromatic rings. The van der Waals surface area contributed by atoms with Crippen LogP contribution in [0.2, 0.25) is 5.02 Å². The van der Waals surface area contributed by atoms with Gasteiger partial charge >= 0.3 is 0 Å². The third-order valence-electron chi connectivity index (χ3n) is 3.67. The van der Waals surface area contributed by atoms with E-state index in [0.29, 0.717) is 0 Å². The lowest BCUT2D eigenvalue weighted by Crippen LogP contribution is -2.19. The van der Waals surface area contributed by atoms with Crippen molar-refractivity contribution in [3.05, 3.63) is 76.9 Å². The second-order valence-electron chi connectivity index (χ2n) is 5.10. The van der Waals surface area contributed by atoms with Crippen molar-refractivity contribution in [1.29, 1.82) is 0 Å². The van der Waals surface area contributed by atoms with Gasteiger partial charge in [0.05, 0.1) is 5.52 Å². The van der Waals surface area contributed by atoms with Crippen LogP contribution < -0.4 is 5.32 Å². The van der Waals surface area contributed by atoms with E-state index in [9.17, 15) is 0 Å². The van der Waals surface area contributed by atoms with Gasteiger partial charge in [0.15, 0.2) is 0 Å². The fourth-order valence-corrected chi connectivity index (χ4v) is 2.74. The van der Waals surface area contributed by atoms with Gasteiger partial charge in [0, 0.05) is 28.6 Å². The van der Waals surface area contributed by atoms with E-state index in [1.54, 1.807) is 0 Å². The molecular weight excluding hydrogens is 280 g/mol. The molecule has 1 N–H and O–H groups in total. The smallest absolute Gasteiger partial charge is 0.0705 e. The summed E-state index contributed by atoms with van der Waals surface area (Å²) in [4.78, 5) is 4.74. The van der Waals surface area contributed by atoms with Crippen molar-refractivity contribution in [2.45, 2.75) is 12.5 Å². The van der Waals surface area contributed by atoms with E-state index in [1.165, 1.54) is 10.9 Å². The zero-order valence-electron chi connectivity index (χ0n) is 11.9. The van der Waals surface area contributed by atoms with Crippen molar-refractivity contribution in [1.82, 2.24) is 10.3 Å². The summed E-state index contributed by atoms with van der Waals surface area (Å²) in [5, 5.41) is 5.28. The molecule has 0 fully saturated rings. The average Bonchev–Trinajstić information content (AvgIpc) is 2.52. The molecule has 1 aromatic heterocycles. The van der Waals surface area contributed by atoms with Gasteiger partial charge in [0.25, 0.3) is 0 Å². The summed E-state index contributed by atoms with van der Waals surface area (Å²) < 4.78 is 0. The number of hydrogen-bond acceptors (Lipinski definition) is 2. The van der Waals surface area contributed by atoms with Crippen LogP contribution >= 0.6 is 11.6 Å². The van der Waals surface area contributed by atoms with Crippen molar-refractivity contribution in [2.75, 3.05) is 7.05 Å². The van der Waals surface area contributed by atoms with Crippen LogP contribution in [0.5, 0.6) is 0 Å². The minimum atomic E-state index is 0.206. The Morgan fingerprint density at radius 1 is 1.05 bits per heavy atom. The third-order valence-corrected chi connectivity index (χ3v) is 3.90. The van der Waals surface area contributed by atoms with Crippen molar-refractivity contribution in [3.8, 4) is 0 Å². The van der Waals surface area contributed by atoms with E-state index < -0.39 is 0 Å². The number of benzene rings is 2. The summed E-state index contributed by atoms with van der Waals surface area (Å²) in [5.74, 6) is 0. The van der Waals surface area contributed by atoms with E-state index in [4.69, 9.17) is 16.6 Å². The van der Waals surface area contributed by atoms with Gasteiger partial charge in [0.2, 0.25) is 0 Å². The summed E-state index contributed by atoms with van der Waals surface area (Å²) in [7, 11) is 1.96. The summed E-state index contributed by atoms with van der Waals surface area (Å²) in [6.07, 6.45) is 0.835. The van der Waals surface area contributed by atoms with Crippen molar-refractivity contribution in [2.24, 2.45) is 0 Å². The number of para-hydroxylation sites is 1. The van der Waals surface area contributed by atoms with Crippen LogP contribution in [0.1, 0.15) is 17.3 Å². The number of pyridine rings is 1. The normalized spacial score (nSPS) is 12.5. The predicted molar refractivity (Wildman–Crippen MR) is 88.7 cm³/mol. The molecule has 0 saturated heterocycles. The van der Waals surface area contributed by atoms with E-state index in [1.807, 2.05) is 43.4 Å². The van der Waals surface area contributed by atoms with Crippen LogP contribution in [-0.4, -0.2) is 12.0 Å². The molecule has 0 amide bonds. The summed E-state index contributed by atoms with van der Waals surface area (Å²) >= 11 is 6.08. The number of nitrogens with one attached hydrogen (secondary N) is 1. The number of hydrogen-bond donors (Lipinski definition) is 1. The molecule has 1 unspecified atom stereocenters. The molecule has 0 bridgehead atoms. The maximum Gasteiger partial charge on any atom is 0.0705 e. The van der Waals surface area contributed by atoms with Crippen LogP contribution in [0.3, 0.4) is 0 Å². The Morgan fingerprint density at radius 3 is 2.71 bits per heavy atom. The highest BCUT2D eigenvalue weighted by Gasteiger charge is 2.11. The first-order chi connectivity index (χ1) is 10.3. The minimum Gasteiger partial charge on any atom is -0.313 e. The van der Waals surface area contributed by atoms with Crippen molar-refractivity contribution < 1.29 is 0 Å². The molecule has 0 aliphatic rings. The highest BCUT2D eigenvalue weighted by Crippen LogP contribution is 2.21. The van der Waals surface area contributed by atoms with Crippen LogP contribution in [0.25, 0.3) is 10.9 Å². The van der Waals surface area contributed by atoms with Gasteiger partial charge < -0.3 is 5.32 Å². The van der Waals surface area contributed by atoms with Crippen LogP contribution in [0.15, 0.2) is 60.7 Å². The number of fused-ring (bicyclic) bond motifs is 1. The molecule has 106 valence electrons. The first-order valence-corrected chi connectivity index (χ1v) is 7.41. The van der Waals surface area contributed by atoms with Gasteiger partial charge in [-0.15, -0.1) is 0 Å². The first kappa shape index (κ1) is 14.1. The number of aromatic nitrogens is 1. The molecule has 0 aliphatic carbocycles. The van der Waals surface area contributed by atoms with E-state index in [2.05, 4.69) is 29.6 Å². The Hall–Kier alpha value is -1.90. The molecule has 0 spiro atoms. The summed E-state index contributed by atoms with van der Waals surface area (Å²) in [5.41, 5.74) is 3.30. The number of rotatable bonds is 4. The molecule has 1 atom stereocenters. The number of likely N-dealkylation sites (N-methyl/N-ethyl adjacent to an activating group) is 1. The largest absolute Gasteiger partial charge is 0.313 e. The highest BCUT2D eigenvalue weighted by molar-refractivity contribution is 6.30. The van der Waals surface area contributed by atoms with Gasteiger partial charge in [-0.2, -0.15) is 0 Å². The van der Waals surface area contributed by atoms with Gasteiger partial charge in [0.1, 0.15) is 0 Å². The van der Waals surface area contributed by atoms with E-state index in [-0.39, 0.29) is 6.04 Å². The lowest BCUT2D eigenvalue weighted by molar-refractivity contribution is 0.585. The SMILES string of the molecule is CNC(Cc1ccc2ccccc2n1)c1cccc(Cl)c1. The maximum atomic E-state index is 6.08. The Labute approximate surface area is 129 Å². The van der Waals surface area contributed by atoms with E-state index >= 15 is 0 Å². The molecule has 1 heterocycles. The second-order valence-corrected chi connectivity index (χ2v) is 5.53. The minimum absolute atomic E-state index is 0.206. The Bertz CT molecular complexity index is 755. The van der Waals surface area contributed by atoms with Crippen molar-refractivity contribution >= 4 is 22.5 Å². The third kappa shape index (κ3) is 3.23. The summed E-state index contributed by atoms with van der Waals surface area (Å²) in [6.45, 7) is 0. The molecule has 21 heavy (non-hydrogen) atoms. The highest BCUT2D eigenvalue weighted by atomic mass is 35.5. The van der Waals surface area contributed by atoms with E-state index in [0.717, 1.165) is 22.7 Å². The molecule has 3 heteroatoms. The number of nitrogens with zero attached hydrogens (tertiary/aromatic N) is 1. The van der Waals surface area contributed by atoms with Gasteiger partial charge in [-0.1, -0.05) is 48.0 Å². The number of halogens is 1. The molecule has 0 saturated carbocycles. The average molecular weight is 297 g/mol. The molecule has 0 aliphatic heterocycles. The van der Waals surface area contributed by atoms with Crippen LogP contribution in [-0.2, 0) is 6.42 Å². The maximum absolute atomic E-state index is 6.08. The molecule has 2 aromatic carbocycles. The second kappa shape index (κ2) is 6.25. The monoisotopic (exact) mass is 296 g/mol. The summed E-state index contributed by atoms with van der Waals surface area (Å²) in [6, 6.07) is 20.6. The molecular formula is C18H17ClN2.